The number of azide groups is 1. The van der Waals surface area contributed by atoms with Crippen LogP contribution < -0.4 is 10.2 Å². The van der Waals surface area contributed by atoms with Crippen LogP contribution in [-0.2, 0) is 16.0 Å². The normalized spacial score (nSPS) is 17.0. The van der Waals surface area contributed by atoms with Crippen LogP contribution in [0, 0.1) is 5.92 Å². The zero-order valence-electron chi connectivity index (χ0n) is 15.4. The minimum atomic E-state index is -0.510. The number of ether oxygens (including phenoxy) is 1. The Bertz CT molecular complexity index is 690. The molecule has 140 valence electrons. The number of alkyl carbamates (subject to hydrolysis) is 1. The van der Waals surface area contributed by atoms with Crippen LogP contribution in [0.15, 0.2) is 29.4 Å². The van der Waals surface area contributed by atoms with Crippen molar-refractivity contribution in [2.45, 2.75) is 39.2 Å². The lowest BCUT2D eigenvalue weighted by atomic mass is 10.1. The molecule has 1 unspecified atom stereocenters. The summed E-state index contributed by atoms with van der Waals surface area (Å²) in [6.45, 7) is 6.85. The van der Waals surface area contributed by atoms with Gasteiger partial charge in [0.05, 0.1) is 0 Å². The van der Waals surface area contributed by atoms with E-state index in [1.165, 1.54) is 0 Å². The first-order chi connectivity index (χ1) is 12.3. The second kappa shape index (κ2) is 8.58. The summed E-state index contributed by atoms with van der Waals surface area (Å²) in [5.41, 5.74) is 9.78. The van der Waals surface area contributed by atoms with Gasteiger partial charge in [0.1, 0.15) is 5.60 Å². The molecule has 0 bridgehead atoms. The van der Waals surface area contributed by atoms with Crippen LogP contribution in [0.3, 0.4) is 0 Å². The molecule has 8 nitrogen and oxygen atoms in total. The van der Waals surface area contributed by atoms with Crippen molar-refractivity contribution >= 4 is 17.7 Å². The number of hydrogen-bond donors (Lipinski definition) is 1. The molecule has 1 aliphatic rings. The molecule has 1 fully saturated rings. The van der Waals surface area contributed by atoms with E-state index in [2.05, 4.69) is 15.3 Å². The fraction of sp³-hybridized carbons (Fsp3) is 0.556. The summed E-state index contributed by atoms with van der Waals surface area (Å²) in [4.78, 5) is 28.2. The lowest BCUT2D eigenvalue weighted by molar-refractivity contribution is -0.117. The molecule has 1 heterocycles. The van der Waals surface area contributed by atoms with Gasteiger partial charge in [0.25, 0.3) is 0 Å². The molecule has 1 atom stereocenters. The molecule has 1 aliphatic heterocycles. The van der Waals surface area contributed by atoms with E-state index < -0.39 is 11.7 Å². The van der Waals surface area contributed by atoms with Crippen LogP contribution in [0.1, 0.15) is 32.8 Å². The molecule has 1 saturated heterocycles. The van der Waals surface area contributed by atoms with E-state index in [1.807, 2.05) is 45.0 Å². The summed E-state index contributed by atoms with van der Waals surface area (Å²) in [7, 11) is 0. The molecule has 0 spiro atoms. The van der Waals surface area contributed by atoms with Crippen LogP contribution >= 0.6 is 0 Å². The lowest BCUT2D eigenvalue weighted by Crippen LogP contribution is -2.33. The number of nitrogens with one attached hydrogen (secondary N) is 1. The zero-order valence-corrected chi connectivity index (χ0v) is 15.4. The van der Waals surface area contributed by atoms with Gasteiger partial charge in [-0.3, -0.25) is 4.79 Å². The van der Waals surface area contributed by atoms with Crippen molar-refractivity contribution in [3.63, 3.8) is 0 Å². The molecule has 26 heavy (non-hydrogen) atoms. The van der Waals surface area contributed by atoms with Crippen molar-refractivity contribution in [3.05, 3.63) is 40.3 Å². The first-order valence-corrected chi connectivity index (χ1v) is 8.65. The van der Waals surface area contributed by atoms with Gasteiger partial charge in [0, 0.05) is 36.7 Å². The van der Waals surface area contributed by atoms with Gasteiger partial charge < -0.3 is 15.0 Å². The fourth-order valence-electron chi connectivity index (χ4n) is 2.77. The van der Waals surface area contributed by atoms with Gasteiger partial charge >= 0.3 is 6.09 Å². The molecule has 0 aliphatic carbocycles. The Morgan fingerprint density at radius 3 is 2.69 bits per heavy atom. The first-order valence-electron chi connectivity index (χ1n) is 8.65. The van der Waals surface area contributed by atoms with E-state index in [4.69, 9.17) is 10.3 Å². The molecule has 0 aromatic heterocycles. The second-order valence-corrected chi connectivity index (χ2v) is 7.33. The number of hydrogen-bond acceptors (Lipinski definition) is 4. The topological polar surface area (TPSA) is 107 Å². The highest BCUT2D eigenvalue weighted by Crippen LogP contribution is 2.25. The van der Waals surface area contributed by atoms with E-state index >= 15 is 0 Å². The number of anilines is 1. The van der Waals surface area contributed by atoms with E-state index in [0.29, 0.717) is 32.5 Å². The summed E-state index contributed by atoms with van der Waals surface area (Å²) >= 11 is 0. The van der Waals surface area contributed by atoms with Crippen LogP contribution in [0.4, 0.5) is 10.5 Å². The Hall–Kier alpha value is -2.73. The minimum Gasteiger partial charge on any atom is -0.444 e. The second-order valence-electron chi connectivity index (χ2n) is 7.33. The third-order valence-electron chi connectivity index (χ3n) is 3.94. The molecule has 0 radical (unpaired) electrons. The van der Waals surface area contributed by atoms with E-state index in [9.17, 15) is 9.59 Å². The van der Waals surface area contributed by atoms with E-state index in [1.54, 1.807) is 4.90 Å². The average molecular weight is 359 g/mol. The zero-order chi connectivity index (χ0) is 19.2. The molecule has 0 saturated carbocycles. The van der Waals surface area contributed by atoms with E-state index in [-0.39, 0.29) is 11.8 Å². The maximum Gasteiger partial charge on any atom is 0.407 e. The van der Waals surface area contributed by atoms with Crippen molar-refractivity contribution in [2.24, 2.45) is 11.0 Å². The molecule has 2 rings (SSSR count). The largest absolute Gasteiger partial charge is 0.444 e. The maximum atomic E-state index is 12.1. The summed E-state index contributed by atoms with van der Waals surface area (Å²) in [5, 5.41) is 6.28. The smallest absolute Gasteiger partial charge is 0.407 e. The number of amides is 2. The number of carbonyl (C=O) groups excluding carboxylic acids is 2. The van der Waals surface area contributed by atoms with Gasteiger partial charge in [-0.2, -0.15) is 0 Å². The van der Waals surface area contributed by atoms with Crippen molar-refractivity contribution < 1.29 is 14.3 Å². The highest BCUT2D eigenvalue weighted by atomic mass is 16.6. The highest BCUT2D eigenvalue weighted by molar-refractivity contribution is 5.95. The Labute approximate surface area is 153 Å². The summed E-state index contributed by atoms with van der Waals surface area (Å²) in [5.74, 6) is 0.110. The van der Waals surface area contributed by atoms with Crippen LogP contribution in [0.5, 0.6) is 0 Å². The van der Waals surface area contributed by atoms with Gasteiger partial charge in [-0.15, -0.1) is 0 Å². The molecule has 8 heteroatoms. The Morgan fingerprint density at radius 1 is 1.38 bits per heavy atom. The predicted octanol–water partition coefficient (Wildman–Crippen LogP) is 3.42. The number of rotatable bonds is 6. The molecule has 1 aromatic carbocycles. The number of carbonyl (C=O) groups is 2. The third-order valence-corrected chi connectivity index (χ3v) is 3.94. The number of benzene rings is 1. The van der Waals surface area contributed by atoms with Crippen molar-refractivity contribution in [1.29, 1.82) is 0 Å². The summed E-state index contributed by atoms with van der Waals surface area (Å²) < 4.78 is 5.19. The Kier molecular flexibility index (Phi) is 6.46. The monoisotopic (exact) mass is 359 g/mol. The first kappa shape index (κ1) is 19.6. The van der Waals surface area contributed by atoms with Gasteiger partial charge in [-0.05, 0) is 56.3 Å². The van der Waals surface area contributed by atoms with Gasteiger partial charge in [-0.25, -0.2) is 4.79 Å². The van der Waals surface area contributed by atoms with Gasteiger partial charge in [-0.1, -0.05) is 17.2 Å². The van der Waals surface area contributed by atoms with Crippen molar-refractivity contribution in [3.8, 4) is 0 Å². The van der Waals surface area contributed by atoms with Crippen molar-refractivity contribution in [2.75, 3.05) is 24.5 Å². The van der Waals surface area contributed by atoms with Crippen LogP contribution in [0.25, 0.3) is 10.4 Å². The molecule has 1 aromatic rings. The molecular formula is C18H25N5O3. The van der Waals surface area contributed by atoms with Crippen molar-refractivity contribution in [1.82, 2.24) is 5.32 Å². The van der Waals surface area contributed by atoms with Crippen LogP contribution in [0.2, 0.25) is 0 Å². The standard InChI is InChI=1S/C18H25N5O3/c1-18(2,3)26-17(25)20-9-8-13-4-6-15(7-5-13)23-12-14(10-16(23)24)11-21-22-19/h4-7,14H,8-12H2,1-3H3,(H,20,25). The number of nitrogens with zero attached hydrogens (tertiary/aromatic N) is 4. The van der Waals surface area contributed by atoms with Gasteiger partial charge in [0.2, 0.25) is 5.91 Å². The van der Waals surface area contributed by atoms with E-state index in [0.717, 1.165) is 11.3 Å². The predicted molar refractivity (Wildman–Crippen MR) is 98.9 cm³/mol. The quantitative estimate of drug-likeness (QED) is 0.477. The fourth-order valence-corrected chi connectivity index (χ4v) is 2.77. The Morgan fingerprint density at radius 2 is 2.08 bits per heavy atom. The summed E-state index contributed by atoms with van der Waals surface area (Å²) in [6, 6.07) is 7.69. The minimum absolute atomic E-state index is 0.0440. The Balaban J connectivity index is 1.84. The third kappa shape index (κ3) is 5.97. The maximum absolute atomic E-state index is 12.1. The molecular weight excluding hydrogens is 334 g/mol. The highest BCUT2D eigenvalue weighted by Gasteiger charge is 2.29. The SMILES string of the molecule is CC(C)(C)OC(=O)NCCc1ccc(N2CC(CN=[N+]=[N-])CC2=O)cc1. The van der Waals surface area contributed by atoms with Gasteiger partial charge in [0.15, 0.2) is 0 Å². The molecule has 2 amide bonds. The molecule has 1 N–H and O–H groups in total. The summed E-state index contributed by atoms with van der Waals surface area (Å²) in [6.07, 6.45) is 0.649. The lowest BCUT2D eigenvalue weighted by Gasteiger charge is -2.19. The average Bonchev–Trinajstić information content (AvgIpc) is 2.93. The van der Waals surface area contributed by atoms with Crippen LogP contribution in [-0.4, -0.2) is 37.2 Å².